The van der Waals surface area contributed by atoms with Gasteiger partial charge in [0.25, 0.3) is 0 Å². The van der Waals surface area contributed by atoms with Crippen LogP contribution in [0.25, 0.3) is 12.2 Å². The van der Waals surface area contributed by atoms with Gasteiger partial charge < -0.3 is 14.9 Å². The van der Waals surface area contributed by atoms with Gasteiger partial charge in [-0.3, -0.25) is 14.4 Å². The van der Waals surface area contributed by atoms with E-state index in [0.29, 0.717) is 43.7 Å². The normalized spacial score (nSPS) is 18.0. The van der Waals surface area contributed by atoms with E-state index in [0.717, 1.165) is 12.2 Å². The summed E-state index contributed by atoms with van der Waals surface area (Å²) in [7, 11) is 0. The molecule has 0 unspecified atom stereocenters. The Balaban J connectivity index is 1.40. The molecule has 0 aliphatic carbocycles. The molecular weight excluding hydrogens is 418 g/mol. The molecule has 0 saturated carbocycles. The van der Waals surface area contributed by atoms with Crippen LogP contribution in [-0.4, -0.2) is 64.2 Å². The highest BCUT2D eigenvalue weighted by Crippen LogP contribution is 2.39. The number of aliphatic hydroxyl groups is 1. The number of anilines is 1. The van der Waals surface area contributed by atoms with Gasteiger partial charge in [-0.25, -0.2) is 4.98 Å². The van der Waals surface area contributed by atoms with Crippen LogP contribution in [0.2, 0.25) is 0 Å². The zero-order valence-electron chi connectivity index (χ0n) is 18.4. The number of para-hydroxylation sites is 1. The maximum Gasteiger partial charge on any atom is 0.246 e. The smallest absolute Gasteiger partial charge is 0.246 e. The molecule has 1 aromatic heterocycles. The highest BCUT2D eigenvalue weighted by Gasteiger charge is 2.50. The quantitative estimate of drug-likeness (QED) is 0.687. The molecule has 0 atom stereocenters. The van der Waals surface area contributed by atoms with E-state index in [1.165, 1.54) is 18.2 Å². The zero-order chi connectivity index (χ0) is 23.3. The van der Waals surface area contributed by atoms with Crippen molar-refractivity contribution in [2.24, 2.45) is 0 Å². The molecule has 2 aliphatic rings. The number of piperidine rings is 1. The summed E-state index contributed by atoms with van der Waals surface area (Å²) in [5, 5.41) is 8.80. The minimum absolute atomic E-state index is 0.111. The minimum atomic E-state index is -0.545. The second kappa shape index (κ2) is 9.92. The van der Waals surface area contributed by atoms with Gasteiger partial charge in [-0.1, -0.05) is 24.3 Å². The summed E-state index contributed by atoms with van der Waals surface area (Å²) in [6.45, 7) is 1.23. The summed E-state index contributed by atoms with van der Waals surface area (Å²) in [5.74, 6) is -0.245. The summed E-state index contributed by atoms with van der Waals surface area (Å²) in [4.78, 5) is 45.2. The molecule has 1 amide bonds. The number of hydrogen-bond donors (Lipinski definition) is 1. The second-order valence-corrected chi connectivity index (χ2v) is 8.30. The summed E-state index contributed by atoms with van der Waals surface area (Å²) in [6, 6.07) is 15.3. The molecule has 2 saturated heterocycles. The summed E-state index contributed by atoms with van der Waals surface area (Å²) in [5.41, 5.74) is 1.70. The van der Waals surface area contributed by atoms with Crippen LogP contribution < -0.4 is 4.90 Å². The van der Waals surface area contributed by atoms with Gasteiger partial charge >= 0.3 is 0 Å². The summed E-state index contributed by atoms with van der Waals surface area (Å²) >= 11 is 0. The lowest BCUT2D eigenvalue weighted by atomic mass is 9.83. The van der Waals surface area contributed by atoms with E-state index in [9.17, 15) is 14.4 Å². The lowest BCUT2D eigenvalue weighted by Gasteiger charge is -2.44. The molecule has 3 heterocycles. The van der Waals surface area contributed by atoms with Crippen molar-refractivity contribution in [1.29, 1.82) is 0 Å². The average molecular weight is 446 g/mol. The van der Waals surface area contributed by atoms with Crippen LogP contribution in [0, 0.1) is 0 Å². The standard InChI is InChI=1S/C26H27N3O4/c30-19-23(31)11-9-20-5-4-6-21(27-20)10-12-25(33)28-17-14-26(15-18-28)24(32)13-16-29(26)22-7-2-1-3-8-22/h1-12,30H,13-19H2/b11-9+,12-10+. The van der Waals surface area contributed by atoms with Crippen LogP contribution >= 0.6 is 0 Å². The first-order valence-electron chi connectivity index (χ1n) is 11.1. The molecule has 1 N–H and O–H groups in total. The number of hydrogen-bond acceptors (Lipinski definition) is 6. The van der Waals surface area contributed by atoms with E-state index < -0.39 is 17.9 Å². The van der Waals surface area contributed by atoms with Crippen LogP contribution in [0.4, 0.5) is 5.69 Å². The van der Waals surface area contributed by atoms with Crippen molar-refractivity contribution in [2.45, 2.75) is 24.8 Å². The highest BCUT2D eigenvalue weighted by molar-refractivity contribution is 5.97. The molecule has 1 spiro atoms. The number of Topliss-reactive ketones (excluding diaryl/α,β-unsaturated/α-hetero) is 1. The molecule has 2 fully saturated rings. The van der Waals surface area contributed by atoms with Gasteiger partial charge in [0.1, 0.15) is 12.1 Å². The first-order valence-corrected chi connectivity index (χ1v) is 11.1. The van der Waals surface area contributed by atoms with Gasteiger partial charge in [0, 0.05) is 37.8 Å². The van der Waals surface area contributed by atoms with Crippen LogP contribution in [0.5, 0.6) is 0 Å². The number of benzene rings is 1. The molecule has 0 bridgehead atoms. The van der Waals surface area contributed by atoms with Crippen molar-refractivity contribution in [3.8, 4) is 0 Å². The Morgan fingerprint density at radius 2 is 1.61 bits per heavy atom. The third-order valence-electron chi connectivity index (χ3n) is 6.35. The molecule has 4 rings (SSSR count). The highest BCUT2D eigenvalue weighted by atomic mass is 16.3. The van der Waals surface area contributed by atoms with Gasteiger partial charge in [-0.05, 0) is 55.3 Å². The fourth-order valence-electron chi connectivity index (χ4n) is 4.59. The van der Waals surface area contributed by atoms with Crippen molar-refractivity contribution in [1.82, 2.24) is 9.88 Å². The molecule has 0 radical (unpaired) electrons. The zero-order valence-corrected chi connectivity index (χ0v) is 18.4. The molecule has 7 heteroatoms. The lowest BCUT2D eigenvalue weighted by molar-refractivity contribution is -0.130. The largest absolute Gasteiger partial charge is 0.388 e. The van der Waals surface area contributed by atoms with Crippen molar-refractivity contribution in [2.75, 3.05) is 31.1 Å². The Morgan fingerprint density at radius 1 is 0.939 bits per heavy atom. The van der Waals surface area contributed by atoms with E-state index in [4.69, 9.17) is 5.11 Å². The molecule has 2 aromatic rings. The number of ketones is 2. The number of carbonyl (C=O) groups excluding carboxylic acids is 3. The molecule has 2 aliphatic heterocycles. The third-order valence-corrected chi connectivity index (χ3v) is 6.35. The van der Waals surface area contributed by atoms with Crippen molar-refractivity contribution in [3.05, 3.63) is 72.1 Å². The van der Waals surface area contributed by atoms with E-state index in [1.807, 2.05) is 30.3 Å². The number of amides is 1. The van der Waals surface area contributed by atoms with Gasteiger partial charge in [0.05, 0.1) is 11.4 Å². The Kier molecular flexibility index (Phi) is 6.79. The molecular formula is C26H27N3O4. The predicted molar refractivity (Wildman–Crippen MR) is 126 cm³/mol. The number of nitrogens with zero attached hydrogens (tertiary/aromatic N) is 3. The Morgan fingerprint density at radius 3 is 2.27 bits per heavy atom. The molecule has 33 heavy (non-hydrogen) atoms. The Hall–Kier alpha value is -3.58. The van der Waals surface area contributed by atoms with E-state index in [1.54, 1.807) is 29.2 Å². The number of carbonyl (C=O) groups is 3. The van der Waals surface area contributed by atoms with Crippen molar-refractivity contribution >= 4 is 35.3 Å². The number of aliphatic hydroxyl groups excluding tert-OH is 1. The fraction of sp³-hybridized carbons (Fsp3) is 0.308. The van der Waals surface area contributed by atoms with E-state index in [-0.39, 0.29) is 11.7 Å². The molecule has 7 nitrogen and oxygen atoms in total. The van der Waals surface area contributed by atoms with Crippen LogP contribution in [0.3, 0.4) is 0 Å². The van der Waals surface area contributed by atoms with Crippen molar-refractivity contribution in [3.63, 3.8) is 0 Å². The van der Waals surface area contributed by atoms with E-state index >= 15 is 0 Å². The maximum absolute atomic E-state index is 12.9. The van der Waals surface area contributed by atoms with Crippen LogP contribution in [0.15, 0.2) is 60.7 Å². The average Bonchev–Trinajstić information content (AvgIpc) is 3.17. The van der Waals surface area contributed by atoms with Gasteiger partial charge in [0.15, 0.2) is 11.6 Å². The molecule has 1 aromatic carbocycles. The third kappa shape index (κ3) is 4.93. The lowest BCUT2D eigenvalue weighted by Crippen LogP contribution is -2.56. The first kappa shape index (κ1) is 22.6. The minimum Gasteiger partial charge on any atom is -0.388 e. The van der Waals surface area contributed by atoms with Crippen molar-refractivity contribution < 1.29 is 19.5 Å². The number of rotatable bonds is 6. The van der Waals surface area contributed by atoms with Crippen LogP contribution in [0.1, 0.15) is 30.7 Å². The summed E-state index contributed by atoms with van der Waals surface area (Å²) < 4.78 is 0. The first-order chi connectivity index (χ1) is 16.0. The Bertz CT molecular complexity index is 1090. The summed E-state index contributed by atoms with van der Waals surface area (Å²) in [6.07, 6.45) is 7.73. The second-order valence-electron chi connectivity index (χ2n) is 8.30. The maximum atomic E-state index is 12.9. The van der Waals surface area contributed by atoms with Gasteiger partial charge in [-0.15, -0.1) is 0 Å². The number of pyridine rings is 1. The fourth-order valence-corrected chi connectivity index (χ4v) is 4.59. The van der Waals surface area contributed by atoms with Crippen LogP contribution in [-0.2, 0) is 14.4 Å². The topological polar surface area (TPSA) is 90.8 Å². The molecule has 170 valence electrons. The monoisotopic (exact) mass is 445 g/mol. The SMILES string of the molecule is O=C(/C=C/c1cccc(/C=C/C(=O)N2CCC3(CC2)C(=O)CCN3c2ccccc2)n1)CO. The number of aromatic nitrogens is 1. The Labute approximate surface area is 193 Å². The van der Waals surface area contributed by atoms with Gasteiger partial charge in [0.2, 0.25) is 5.91 Å². The predicted octanol–water partition coefficient (Wildman–Crippen LogP) is 2.51. The van der Waals surface area contributed by atoms with E-state index in [2.05, 4.69) is 9.88 Å². The van der Waals surface area contributed by atoms with Gasteiger partial charge in [-0.2, -0.15) is 0 Å². The number of likely N-dealkylation sites (tertiary alicyclic amines) is 1.